The van der Waals surface area contributed by atoms with Crippen molar-refractivity contribution in [3.05, 3.63) is 83.6 Å². The highest BCUT2D eigenvalue weighted by Gasteiger charge is 2.21. The standard InChI is InChI=1S/C27H23N3O3S/c1-17(2)30-16-20(21-11-7-8-12-23(21)30)13-19(15-28)25(31)29-26-22(27(32)33-3)14-24(34-26)18-9-5-4-6-10-18/h4-14,16-17H,1-3H3,(H,29,31). The number of nitriles is 1. The molecule has 0 fully saturated rings. The minimum atomic E-state index is -0.588. The van der Waals surface area contributed by atoms with Crippen molar-refractivity contribution in [2.45, 2.75) is 19.9 Å². The van der Waals surface area contributed by atoms with Crippen molar-refractivity contribution in [1.82, 2.24) is 4.57 Å². The summed E-state index contributed by atoms with van der Waals surface area (Å²) in [6, 6.07) is 21.3. The minimum absolute atomic E-state index is 0.0582. The van der Waals surface area contributed by atoms with Crippen LogP contribution < -0.4 is 5.32 Å². The van der Waals surface area contributed by atoms with E-state index in [1.165, 1.54) is 18.4 Å². The Morgan fingerprint density at radius 2 is 1.82 bits per heavy atom. The van der Waals surface area contributed by atoms with Crippen LogP contribution in [0.4, 0.5) is 5.00 Å². The molecule has 0 radical (unpaired) electrons. The van der Waals surface area contributed by atoms with E-state index in [2.05, 4.69) is 23.7 Å². The van der Waals surface area contributed by atoms with E-state index < -0.39 is 11.9 Å². The summed E-state index contributed by atoms with van der Waals surface area (Å²) in [5, 5.41) is 13.8. The molecule has 0 aliphatic heterocycles. The first-order valence-electron chi connectivity index (χ1n) is 10.7. The summed E-state index contributed by atoms with van der Waals surface area (Å²) in [5.41, 5.74) is 2.90. The lowest BCUT2D eigenvalue weighted by Crippen LogP contribution is -2.15. The number of fused-ring (bicyclic) bond motifs is 1. The van der Waals surface area contributed by atoms with Crippen LogP contribution in [0.3, 0.4) is 0 Å². The maximum Gasteiger partial charge on any atom is 0.340 e. The number of thiophene rings is 1. The van der Waals surface area contributed by atoms with Crippen LogP contribution in [0.15, 0.2) is 72.4 Å². The number of hydrogen-bond donors (Lipinski definition) is 1. The lowest BCUT2D eigenvalue weighted by Gasteiger charge is -2.08. The Hall–Kier alpha value is -4.15. The number of benzene rings is 2. The third kappa shape index (κ3) is 4.49. The second-order valence-corrected chi connectivity index (χ2v) is 8.99. The van der Waals surface area contributed by atoms with Crippen LogP contribution >= 0.6 is 11.3 Å². The number of nitrogens with one attached hydrogen (secondary N) is 1. The summed E-state index contributed by atoms with van der Waals surface area (Å²) in [6.45, 7) is 4.15. The predicted molar refractivity (Wildman–Crippen MR) is 136 cm³/mol. The molecule has 0 spiro atoms. The van der Waals surface area contributed by atoms with Gasteiger partial charge in [0.1, 0.15) is 16.6 Å². The molecule has 0 unspecified atom stereocenters. The zero-order chi connectivity index (χ0) is 24.2. The summed E-state index contributed by atoms with van der Waals surface area (Å²) in [6.07, 6.45) is 3.53. The average molecular weight is 470 g/mol. The summed E-state index contributed by atoms with van der Waals surface area (Å²) in [5.74, 6) is -1.15. The van der Waals surface area contributed by atoms with Crippen molar-refractivity contribution < 1.29 is 14.3 Å². The number of carbonyl (C=O) groups is 2. The summed E-state index contributed by atoms with van der Waals surface area (Å²) >= 11 is 1.26. The van der Waals surface area contributed by atoms with Gasteiger partial charge in [0, 0.05) is 33.6 Å². The van der Waals surface area contributed by atoms with Gasteiger partial charge < -0.3 is 14.6 Å². The molecule has 34 heavy (non-hydrogen) atoms. The van der Waals surface area contributed by atoms with E-state index in [0.29, 0.717) is 5.00 Å². The highest BCUT2D eigenvalue weighted by Crippen LogP contribution is 2.36. The van der Waals surface area contributed by atoms with Crippen molar-refractivity contribution in [2.24, 2.45) is 0 Å². The Morgan fingerprint density at radius 1 is 1.12 bits per heavy atom. The lowest BCUT2D eigenvalue weighted by molar-refractivity contribution is -0.112. The number of hydrogen-bond acceptors (Lipinski definition) is 5. The van der Waals surface area contributed by atoms with E-state index >= 15 is 0 Å². The Bertz CT molecular complexity index is 1440. The maximum absolute atomic E-state index is 13.1. The Morgan fingerprint density at radius 3 is 2.50 bits per heavy atom. The van der Waals surface area contributed by atoms with Crippen molar-refractivity contribution in [2.75, 3.05) is 12.4 Å². The molecule has 170 valence electrons. The van der Waals surface area contributed by atoms with Gasteiger partial charge in [-0.05, 0) is 37.6 Å². The van der Waals surface area contributed by atoms with Gasteiger partial charge in [0.05, 0.1) is 12.7 Å². The average Bonchev–Trinajstić information content (AvgIpc) is 3.44. The van der Waals surface area contributed by atoms with Crippen molar-refractivity contribution in [3.8, 4) is 16.5 Å². The zero-order valence-corrected chi connectivity index (χ0v) is 19.8. The third-order valence-electron chi connectivity index (χ3n) is 5.42. The summed E-state index contributed by atoms with van der Waals surface area (Å²) in [4.78, 5) is 26.2. The van der Waals surface area contributed by atoms with Gasteiger partial charge in [-0.15, -0.1) is 11.3 Å². The molecule has 1 amide bonds. The molecule has 0 aliphatic rings. The number of esters is 1. The van der Waals surface area contributed by atoms with E-state index in [1.807, 2.05) is 66.9 Å². The smallest absolute Gasteiger partial charge is 0.340 e. The third-order valence-corrected chi connectivity index (χ3v) is 6.51. The Kier molecular flexibility index (Phi) is 6.62. The lowest BCUT2D eigenvalue weighted by atomic mass is 10.1. The highest BCUT2D eigenvalue weighted by atomic mass is 32.1. The van der Waals surface area contributed by atoms with Gasteiger partial charge in [-0.2, -0.15) is 5.26 Å². The molecule has 0 saturated heterocycles. The first kappa shape index (κ1) is 23.0. The maximum atomic E-state index is 13.1. The Labute approximate surface area is 201 Å². The molecular weight excluding hydrogens is 446 g/mol. The Balaban J connectivity index is 1.70. The monoisotopic (exact) mass is 469 g/mol. The predicted octanol–water partition coefficient (Wildman–Crippen LogP) is 6.28. The van der Waals surface area contributed by atoms with Crippen LogP contribution in [0.2, 0.25) is 0 Å². The molecule has 2 aromatic heterocycles. The van der Waals surface area contributed by atoms with Gasteiger partial charge >= 0.3 is 5.97 Å². The first-order valence-corrected chi connectivity index (χ1v) is 11.5. The van der Waals surface area contributed by atoms with E-state index in [-0.39, 0.29) is 17.2 Å². The van der Waals surface area contributed by atoms with Crippen LogP contribution in [-0.2, 0) is 9.53 Å². The second-order valence-electron chi connectivity index (χ2n) is 7.94. The van der Waals surface area contributed by atoms with Crippen LogP contribution in [0.5, 0.6) is 0 Å². The van der Waals surface area contributed by atoms with Crippen molar-refractivity contribution in [1.29, 1.82) is 5.26 Å². The van der Waals surface area contributed by atoms with Gasteiger partial charge in [-0.1, -0.05) is 48.5 Å². The van der Waals surface area contributed by atoms with Crippen LogP contribution in [0, 0.1) is 11.3 Å². The number of rotatable bonds is 6. The molecular formula is C27H23N3O3S. The molecule has 7 heteroatoms. The topological polar surface area (TPSA) is 84.1 Å². The van der Waals surface area contributed by atoms with Crippen LogP contribution in [0.25, 0.3) is 27.4 Å². The van der Waals surface area contributed by atoms with Gasteiger partial charge in [0.15, 0.2) is 0 Å². The second kappa shape index (κ2) is 9.77. The number of amides is 1. The molecule has 2 heterocycles. The molecule has 0 bridgehead atoms. The van der Waals surface area contributed by atoms with E-state index in [1.54, 1.807) is 12.1 Å². The number of carbonyl (C=O) groups excluding carboxylic acids is 2. The summed E-state index contributed by atoms with van der Waals surface area (Å²) < 4.78 is 7.00. The van der Waals surface area contributed by atoms with Crippen molar-refractivity contribution in [3.63, 3.8) is 0 Å². The van der Waals surface area contributed by atoms with Gasteiger partial charge in [0.25, 0.3) is 5.91 Å². The number of anilines is 1. The normalized spacial score (nSPS) is 11.4. The van der Waals surface area contributed by atoms with Crippen LogP contribution in [0.1, 0.15) is 35.8 Å². The largest absolute Gasteiger partial charge is 0.465 e. The molecule has 0 atom stereocenters. The molecule has 4 rings (SSSR count). The fourth-order valence-corrected chi connectivity index (χ4v) is 4.79. The molecule has 6 nitrogen and oxygen atoms in total. The van der Waals surface area contributed by atoms with Gasteiger partial charge in [-0.3, -0.25) is 4.79 Å². The zero-order valence-electron chi connectivity index (χ0n) is 19.0. The number of para-hydroxylation sites is 1. The van der Waals surface area contributed by atoms with Gasteiger partial charge in [0.2, 0.25) is 0 Å². The number of ether oxygens (including phenoxy) is 1. The van der Waals surface area contributed by atoms with Crippen molar-refractivity contribution >= 4 is 45.2 Å². The van der Waals surface area contributed by atoms with Crippen LogP contribution in [-0.4, -0.2) is 23.6 Å². The molecule has 1 N–H and O–H groups in total. The van der Waals surface area contributed by atoms with E-state index in [0.717, 1.165) is 26.9 Å². The number of nitrogens with zero attached hydrogens (tertiary/aromatic N) is 2. The molecule has 2 aromatic carbocycles. The SMILES string of the molecule is COC(=O)c1cc(-c2ccccc2)sc1NC(=O)C(C#N)=Cc1cn(C(C)C)c2ccccc12. The number of methoxy groups -OCH3 is 1. The molecule has 0 aliphatic carbocycles. The summed E-state index contributed by atoms with van der Waals surface area (Å²) in [7, 11) is 1.29. The molecule has 0 saturated carbocycles. The first-order chi connectivity index (χ1) is 16.4. The fourth-order valence-electron chi connectivity index (χ4n) is 3.74. The van der Waals surface area contributed by atoms with E-state index in [9.17, 15) is 14.9 Å². The molecule has 4 aromatic rings. The minimum Gasteiger partial charge on any atom is -0.465 e. The fraction of sp³-hybridized carbons (Fsp3) is 0.148. The highest BCUT2D eigenvalue weighted by molar-refractivity contribution is 7.20. The van der Waals surface area contributed by atoms with Gasteiger partial charge in [-0.25, -0.2) is 4.79 Å². The van der Waals surface area contributed by atoms with E-state index in [4.69, 9.17) is 4.74 Å². The number of aromatic nitrogens is 1. The quantitative estimate of drug-likeness (QED) is 0.205.